The third-order valence-electron chi connectivity index (χ3n) is 7.37. The van der Waals surface area contributed by atoms with Gasteiger partial charge in [0.25, 0.3) is 0 Å². The summed E-state index contributed by atoms with van der Waals surface area (Å²) in [5, 5.41) is 11.8. The highest BCUT2D eigenvalue weighted by Gasteiger charge is 2.20. The van der Waals surface area contributed by atoms with E-state index in [4.69, 9.17) is 21.4 Å². The first-order valence-corrected chi connectivity index (χ1v) is 13.5. The Hall–Kier alpha value is -5.84. The number of nitrogens with one attached hydrogen (secondary N) is 1. The summed E-state index contributed by atoms with van der Waals surface area (Å²) in [5.41, 5.74) is 18.9. The van der Waals surface area contributed by atoms with Gasteiger partial charge in [0, 0.05) is 35.2 Å². The lowest BCUT2D eigenvalue weighted by Crippen LogP contribution is -2.10. The van der Waals surface area contributed by atoms with Crippen LogP contribution in [0.25, 0.3) is 45.0 Å². The van der Waals surface area contributed by atoms with Crippen molar-refractivity contribution >= 4 is 33.8 Å². The molecule has 0 spiro atoms. The fourth-order valence-corrected chi connectivity index (χ4v) is 5.30. The molecule has 8 rings (SSSR count). The molecule has 0 aliphatic heterocycles. The average molecular weight is 555 g/mol. The molecule has 0 atom stereocenters. The number of nitrogen functional groups attached to an aromatic ring is 1. The Morgan fingerprint density at radius 1 is 0.929 bits per heavy atom. The van der Waals surface area contributed by atoms with Crippen molar-refractivity contribution < 1.29 is 4.79 Å². The Kier molecular flexibility index (Phi) is 6.16. The number of primary amides is 1. The van der Waals surface area contributed by atoms with Crippen LogP contribution in [-0.2, 0) is 12.8 Å². The van der Waals surface area contributed by atoms with Gasteiger partial charge >= 0.3 is 0 Å². The monoisotopic (exact) mass is 554 g/mol. The molecule has 5 heterocycles. The van der Waals surface area contributed by atoms with Crippen molar-refractivity contribution in [2.24, 2.45) is 5.73 Å². The van der Waals surface area contributed by atoms with E-state index >= 15 is 0 Å². The number of amides is 1. The molecular formula is C31H26N10O. The number of pyridine rings is 2. The normalized spacial score (nSPS) is 12.3. The number of fused-ring (bicyclic) bond motifs is 3. The van der Waals surface area contributed by atoms with Crippen LogP contribution in [0.1, 0.15) is 27.9 Å². The van der Waals surface area contributed by atoms with E-state index in [1.54, 1.807) is 41.5 Å². The predicted molar refractivity (Wildman–Crippen MR) is 160 cm³/mol. The summed E-state index contributed by atoms with van der Waals surface area (Å²) in [6, 6.07) is 21.4. The van der Waals surface area contributed by atoms with Crippen molar-refractivity contribution in [3.63, 3.8) is 0 Å². The van der Waals surface area contributed by atoms with Gasteiger partial charge < -0.3 is 11.5 Å². The third-order valence-corrected chi connectivity index (χ3v) is 7.37. The molecule has 206 valence electrons. The van der Waals surface area contributed by atoms with E-state index < -0.39 is 5.91 Å². The molecule has 1 aliphatic carbocycles. The lowest BCUT2D eigenvalue weighted by atomic mass is 10.1. The quantitative estimate of drug-likeness (QED) is 0.291. The van der Waals surface area contributed by atoms with Crippen molar-refractivity contribution in [1.82, 2.24) is 39.5 Å². The molecule has 2 aromatic carbocycles. The predicted octanol–water partition coefficient (Wildman–Crippen LogP) is 4.40. The Morgan fingerprint density at radius 3 is 2.67 bits per heavy atom. The first-order chi connectivity index (χ1) is 20.5. The topological polar surface area (TPSA) is 159 Å². The minimum atomic E-state index is -0.418. The molecule has 5 aromatic heterocycles. The lowest BCUT2D eigenvalue weighted by molar-refractivity contribution is 0.100. The van der Waals surface area contributed by atoms with Crippen molar-refractivity contribution in [2.45, 2.75) is 19.3 Å². The smallest absolute Gasteiger partial charge is 0.248 e. The van der Waals surface area contributed by atoms with Gasteiger partial charge in [-0.3, -0.25) is 14.5 Å². The largest absolute Gasteiger partial charge is 0.383 e. The number of aromatic nitrogens is 8. The summed E-state index contributed by atoms with van der Waals surface area (Å²) in [5.74, 6) is 1.50. The standard InChI is InChI=1S/C23H19N7.C8H7N3O/c24-21-18(6-2-11-25-21)22-27-19-9-10-20(29-13-3-12-26-29)28-23(19)30(22)17-8-7-15-4-1-5-16(15)14-17;9-8(12)5-1-2-7-6(3-5)4-10-11-7/h2-3,6-14H,1,4-5H2,(H2,24,25);1-4H,(H2,9,12)(H,10,11). The highest BCUT2D eigenvalue weighted by molar-refractivity contribution is 5.96. The van der Waals surface area contributed by atoms with E-state index in [1.165, 1.54) is 17.5 Å². The molecular weight excluding hydrogens is 528 g/mol. The Bertz CT molecular complexity index is 2070. The van der Waals surface area contributed by atoms with Crippen LogP contribution in [0.15, 0.2) is 91.5 Å². The molecule has 1 aliphatic rings. The fraction of sp³-hybridized carbons (Fsp3) is 0.0968. The summed E-state index contributed by atoms with van der Waals surface area (Å²) in [4.78, 5) is 24.8. The second-order valence-electron chi connectivity index (χ2n) is 10.0. The molecule has 0 saturated carbocycles. The SMILES string of the molecule is NC(=O)c1ccc2[nH]ncc2c1.Nc1ncccc1-c1nc2ccc(-n3cccn3)nc2n1-c1ccc2c(c1)CCC2. The zero-order valence-corrected chi connectivity index (χ0v) is 22.5. The summed E-state index contributed by atoms with van der Waals surface area (Å²) in [6.45, 7) is 0. The van der Waals surface area contributed by atoms with Crippen LogP contribution in [0, 0.1) is 0 Å². The number of H-pyrrole nitrogens is 1. The number of benzene rings is 2. The van der Waals surface area contributed by atoms with Crippen molar-refractivity contribution in [1.29, 1.82) is 0 Å². The van der Waals surface area contributed by atoms with Gasteiger partial charge in [-0.1, -0.05) is 6.07 Å². The number of anilines is 1. The second kappa shape index (κ2) is 10.3. The molecule has 0 saturated heterocycles. The van der Waals surface area contributed by atoms with Gasteiger partial charge in [-0.2, -0.15) is 10.2 Å². The van der Waals surface area contributed by atoms with Crippen LogP contribution >= 0.6 is 0 Å². The van der Waals surface area contributed by atoms with Gasteiger partial charge in [0.15, 0.2) is 17.3 Å². The van der Waals surface area contributed by atoms with Crippen LogP contribution in [0.5, 0.6) is 0 Å². The van der Waals surface area contributed by atoms with E-state index in [9.17, 15) is 4.79 Å². The number of aromatic amines is 1. The van der Waals surface area contributed by atoms with E-state index in [2.05, 4.69) is 43.0 Å². The van der Waals surface area contributed by atoms with Crippen LogP contribution in [0.3, 0.4) is 0 Å². The summed E-state index contributed by atoms with van der Waals surface area (Å²) in [6.07, 6.45) is 10.4. The van der Waals surface area contributed by atoms with E-state index in [1.807, 2.05) is 36.5 Å². The first-order valence-electron chi connectivity index (χ1n) is 13.5. The van der Waals surface area contributed by atoms with Crippen LogP contribution < -0.4 is 11.5 Å². The number of nitrogens with two attached hydrogens (primary N) is 2. The molecule has 0 fully saturated rings. The molecule has 11 nitrogen and oxygen atoms in total. The van der Waals surface area contributed by atoms with Gasteiger partial charge in [-0.05, 0) is 91.1 Å². The number of nitrogens with zero attached hydrogens (tertiary/aromatic N) is 7. The van der Waals surface area contributed by atoms with E-state index in [-0.39, 0.29) is 0 Å². The summed E-state index contributed by atoms with van der Waals surface area (Å²) < 4.78 is 3.83. The van der Waals surface area contributed by atoms with E-state index in [0.717, 1.165) is 57.8 Å². The number of imidazole rings is 1. The van der Waals surface area contributed by atoms with Gasteiger partial charge in [0.1, 0.15) is 11.3 Å². The number of rotatable bonds is 4. The lowest BCUT2D eigenvalue weighted by Gasteiger charge is -2.12. The third kappa shape index (κ3) is 4.52. The Balaban J connectivity index is 0.000000201. The zero-order valence-electron chi connectivity index (χ0n) is 22.5. The van der Waals surface area contributed by atoms with Crippen molar-refractivity contribution in [2.75, 3.05) is 5.73 Å². The molecule has 0 unspecified atom stereocenters. The fourth-order valence-electron chi connectivity index (χ4n) is 5.30. The van der Waals surface area contributed by atoms with Crippen molar-refractivity contribution in [3.8, 4) is 22.9 Å². The Labute approximate surface area is 239 Å². The van der Waals surface area contributed by atoms with E-state index in [0.29, 0.717) is 11.4 Å². The van der Waals surface area contributed by atoms with Crippen LogP contribution in [-0.4, -0.2) is 45.4 Å². The minimum absolute atomic E-state index is 0.418. The highest BCUT2D eigenvalue weighted by atomic mass is 16.1. The summed E-state index contributed by atoms with van der Waals surface area (Å²) in [7, 11) is 0. The molecule has 1 amide bonds. The van der Waals surface area contributed by atoms with Gasteiger partial charge in [0.2, 0.25) is 5.91 Å². The van der Waals surface area contributed by atoms with Gasteiger partial charge in [-0.25, -0.2) is 19.6 Å². The number of aryl methyl sites for hydroxylation is 2. The highest BCUT2D eigenvalue weighted by Crippen LogP contribution is 2.32. The average Bonchev–Trinajstić information content (AvgIpc) is 3.82. The molecule has 0 radical (unpaired) electrons. The maximum Gasteiger partial charge on any atom is 0.248 e. The zero-order chi connectivity index (χ0) is 28.6. The number of carbonyl (C=O) groups excluding carboxylic acids is 1. The second-order valence-corrected chi connectivity index (χ2v) is 10.0. The van der Waals surface area contributed by atoms with Crippen LogP contribution in [0.2, 0.25) is 0 Å². The number of carbonyl (C=O) groups is 1. The molecule has 42 heavy (non-hydrogen) atoms. The number of hydrogen-bond donors (Lipinski definition) is 3. The first kappa shape index (κ1) is 25.1. The Morgan fingerprint density at radius 2 is 1.83 bits per heavy atom. The summed E-state index contributed by atoms with van der Waals surface area (Å²) >= 11 is 0. The molecule has 5 N–H and O–H groups in total. The van der Waals surface area contributed by atoms with Crippen LogP contribution in [0.4, 0.5) is 5.82 Å². The maximum absolute atomic E-state index is 10.8. The maximum atomic E-state index is 10.8. The van der Waals surface area contributed by atoms with Gasteiger partial charge in [0.05, 0.1) is 17.3 Å². The molecule has 7 aromatic rings. The van der Waals surface area contributed by atoms with Gasteiger partial charge in [-0.15, -0.1) is 0 Å². The molecule has 0 bridgehead atoms. The van der Waals surface area contributed by atoms with Crippen molar-refractivity contribution in [3.05, 3.63) is 108 Å². The number of hydrogen-bond acceptors (Lipinski definition) is 7. The molecule has 11 heteroatoms. The minimum Gasteiger partial charge on any atom is -0.383 e.